The number of para-hydroxylation sites is 2. The predicted octanol–water partition coefficient (Wildman–Crippen LogP) is 3.81. The van der Waals surface area contributed by atoms with Crippen LogP contribution in [-0.2, 0) is 11.3 Å². The van der Waals surface area contributed by atoms with E-state index >= 15 is 0 Å². The number of anilines is 1. The van der Waals surface area contributed by atoms with Crippen LogP contribution in [0.2, 0.25) is 0 Å². The number of nitrogens with zero attached hydrogens (tertiary/aromatic N) is 1. The second kappa shape index (κ2) is 10.6. The first-order valence-electron chi connectivity index (χ1n) is 9.46. The Balaban J connectivity index is 1.46. The molecule has 0 aliphatic carbocycles. The number of ether oxygens (including phenoxy) is 1. The number of hydrogen-bond donors (Lipinski definition) is 2. The molecule has 0 fully saturated rings. The molecule has 3 rings (SSSR count). The van der Waals surface area contributed by atoms with E-state index in [4.69, 9.17) is 4.74 Å². The first-order valence-corrected chi connectivity index (χ1v) is 9.46. The van der Waals surface area contributed by atoms with E-state index in [0.29, 0.717) is 37.2 Å². The summed E-state index contributed by atoms with van der Waals surface area (Å²) >= 11 is 0. The zero-order valence-corrected chi connectivity index (χ0v) is 16.0. The van der Waals surface area contributed by atoms with Crippen molar-refractivity contribution in [1.82, 2.24) is 10.3 Å². The number of pyridine rings is 1. The summed E-state index contributed by atoms with van der Waals surface area (Å²) in [7, 11) is 0. The standard InChI is InChI=1S/C23H23N3O3/c27-22(13-7-15-29-20-10-2-1-3-11-20)26-21-12-5-4-8-18(21)17-25-23(28)19-9-6-14-24-16-19/h1-6,8-12,14,16H,7,13,15,17H2,(H,25,28)(H,26,27). The first kappa shape index (κ1) is 20.1. The van der Waals surface area contributed by atoms with Gasteiger partial charge < -0.3 is 15.4 Å². The number of carbonyl (C=O) groups is 2. The van der Waals surface area contributed by atoms with Crippen molar-refractivity contribution in [2.24, 2.45) is 0 Å². The SMILES string of the molecule is O=C(CCCOc1ccccc1)Nc1ccccc1CNC(=O)c1cccnc1. The van der Waals surface area contributed by atoms with Gasteiger partial charge in [-0.05, 0) is 42.3 Å². The summed E-state index contributed by atoms with van der Waals surface area (Å²) in [5, 5.41) is 5.76. The van der Waals surface area contributed by atoms with Crippen molar-refractivity contribution in [2.45, 2.75) is 19.4 Å². The van der Waals surface area contributed by atoms with Crippen LogP contribution in [0.25, 0.3) is 0 Å². The van der Waals surface area contributed by atoms with Gasteiger partial charge in [0.25, 0.3) is 5.91 Å². The van der Waals surface area contributed by atoms with Crippen molar-refractivity contribution in [3.8, 4) is 5.75 Å². The number of amides is 2. The van der Waals surface area contributed by atoms with Gasteiger partial charge in [-0.3, -0.25) is 14.6 Å². The molecule has 0 saturated heterocycles. The van der Waals surface area contributed by atoms with Gasteiger partial charge in [0.05, 0.1) is 12.2 Å². The van der Waals surface area contributed by atoms with Crippen LogP contribution >= 0.6 is 0 Å². The summed E-state index contributed by atoms with van der Waals surface area (Å²) in [5.41, 5.74) is 2.01. The van der Waals surface area contributed by atoms with Gasteiger partial charge in [0.15, 0.2) is 0 Å². The minimum Gasteiger partial charge on any atom is -0.494 e. The Hall–Kier alpha value is -3.67. The average Bonchev–Trinajstić information content (AvgIpc) is 2.77. The van der Waals surface area contributed by atoms with Crippen LogP contribution in [0.15, 0.2) is 79.1 Å². The van der Waals surface area contributed by atoms with Gasteiger partial charge in [0, 0.05) is 31.0 Å². The predicted molar refractivity (Wildman–Crippen MR) is 112 cm³/mol. The summed E-state index contributed by atoms with van der Waals surface area (Å²) in [6, 6.07) is 20.3. The van der Waals surface area contributed by atoms with Gasteiger partial charge in [-0.1, -0.05) is 36.4 Å². The second-order valence-electron chi connectivity index (χ2n) is 6.39. The molecule has 0 spiro atoms. The molecular weight excluding hydrogens is 366 g/mol. The third kappa shape index (κ3) is 6.46. The Labute approximate surface area is 169 Å². The molecule has 1 heterocycles. The lowest BCUT2D eigenvalue weighted by atomic mass is 10.1. The smallest absolute Gasteiger partial charge is 0.253 e. The first-order chi connectivity index (χ1) is 14.2. The lowest BCUT2D eigenvalue weighted by Gasteiger charge is -2.12. The van der Waals surface area contributed by atoms with Crippen LogP contribution < -0.4 is 15.4 Å². The fraction of sp³-hybridized carbons (Fsp3) is 0.174. The van der Waals surface area contributed by atoms with E-state index in [9.17, 15) is 9.59 Å². The molecule has 0 aliphatic heterocycles. The van der Waals surface area contributed by atoms with Gasteiger partial charge in [-0.25, -0.2) is 0 Å². The fourth-order valence-electron chi connectivity index (χ4n) is 2.72. The second-order valence-corrected chi connectivity index (χ2v) is 6.39. The van der Waals surface area contributed by atoms with Crippen molar-refractivity contribution < 1.29 is 14.3 Å². The maximum absolute atomic E-state index is 12.3. The third-order valence-electron chi connectivity index (χ3n) is 4.21. The normalized spacial score (nSPS) is 10.2. The van der Waals surface area contributed by atoms with E-state index < -0.39 is 0 Å². The number of hydrogen-bond acceptors (Lipinski definition) is 4. The molecule has 148 valence electrons. The minimum absolute atomic E-state index is 0.0901. The molecule has 0 saturated carbocycles. The largest absolute Gasteiger partial charge is 0.494 e. The summed E-state index contributed by atoms with van der Waals surface area (Å²) in [4.78, 5) is 28.4. The van der Waals surface area contributed by atoms with E-state index in [1.165, 1.54) is 6.20 Å². The quantitative estimate of drug-likeness (QED) is 0.546. The van der Waals surface area contributed by atoms with Crippen LogP contribution in [0.5, 0.6) is 5.75 Å². The summed E-state index contributed by atoms with van der Waals surface area (Å²) in [5.74, 6) is 0.493. The molecule has 0 unspecified atom stereocenters. The molecule has 6 heteroatoms. The van der Waals surface area contributed by atoms with E-state index in [1.807, 2.05) is 54.6 Å². The van der Waals surface area contributed by atoms with Gasteiger partial charge in [-0.15, -0.1) is 0 Å². The zero-order valence-electron chi connectivity index (χ0n) is 16.0. The Morgan fingerprint density at radius 1 is 0.931 bits per heavy atom. The molecule has 29 heavy (non-hydrogen) atoms. The highest BCUT2D eigenvalue weighted by molar-refractivity contribution is 5.94. The van der Waals surface area contributed by atoms with Crippen LogP contribution in [0.1, 0.15) is 28.8 Å². The molecule has 0 aliphatic rings. The topological polar surface area (TPSA) is 80.3 Å². The monoisotopic (exact) mass is 389 g/mol. The highest BCUT2D eigenvalue weighted by atomic mass is 16.5. The average molecular weight is 389 g/mol. The van der Waals surface area contributed by atoms with E-state index in [0.717, 1.165) is 11.3 Å². The molecule has 0 atom stereocenters. The zero-order chi connectivity index (χ0) is 20.3. The van der Waals surface area contributed by atoms with Crippen LogP contribution in [0, 0.1) is 0 Å². The minimum atomic E-state index is -0.211. The van der Waals surface area contributed by atoms with Crippen LogP contribution in [0.4, 0.5) is 5.69 Å². The highest BCUT2D eigenvalue weighted by Crippen LogP contribution is 2.16. The highest BCUT2D eigenvalue weighted by Gasteiger charge is 2.09. The van der Waals surface area contributed by atoms with Gasteiger partial charge in [0.2, 0.25) is 5.91 Å². The van der Waals surface area contributed by atoms with Crippen molar-refractivity contribution in [3.63, 3.8) is 0 Å². The van der Waals surface area contributed by atoms with Gasteiger partial charge in [0.1, 0.15) is 5.75 Å². The van der Waals surface area contributed by atoms with Gasteiger partial charge >= 0.3 is 0 Å². The number of rotatable bonds is 9. The van der Waals surface area contributed by atoms with Crippen LogP contribution in [0.3, 0.4) is 0 Å². The molecule has 0 bridgehead atoms. The lowest BCUT2D eigenvalue weighted by molar-refractivity contribution is -0.116. The van der Waals surface area contributed by atoms with E-state index in [2.05, 4.69) is 15.6 Å². The fourth-order valence-corrected chi connectivity index (χ4v) is 2.72. The Morgan fingerprint density at radius 3 is 2.52 bits per heavy atom. The number of benzene rings is 2. The number of carbonyl (C=O) groups excluding carboxylic acids is 2. The summed E-state index contributed by atoms with van der Waals surface area (Å²) < 4.78 is 5.60. The maximum atomic E-state index is 12.3. The molecule has 6 nitrogen and oxygen atoms in total. The van der Waals surface area contributed by atoms with Crippen LogP contribution in [-0.4, -0.2) is 23.4 Å². The molecule has 2 aromatic carbocycles. The van der Waals surface area contributed by atoms with Crippen molar-refractivity contribution >= 4 is 17.5 Å². The third-order valence-corrected chi connectivity index (χ3v) is 4.21. The molecule has 3 aromatic rings. The van der Waals surface area contributed by atoms with E-state index in [-0.39, 0.29) is 11.8 Å². The number of nitrogens with one attached hydrogen (secondary N) is 2. The summed E-state index contributed by atoms with van der Waals surface area (Å²) in [6.07, 6.45) is 4.09. The van der Waals surface area contributed by atoms with Gasteiger partial charge in [-0.2, -0.15) is 0 Å². The Bertz CT molecular complexity index is 930. The van der Waals surface area contributed by atoms with Crippen molar-refractivity contribution in [1.29, 1.82) is 0 Å². The molecule has 2 amide bonds. The molecule has 2 N–H and O–H groups in total. The summed E-state index contributed by atoms with van der Waals surface area (Å²) in [6.45, 7) is 0.779. The van der Waals surface area contributed by atoms with E-state index in [1.54, 1.807) is 18.3 Å². The van der Waals surface area contributed by atoms with Crippen molar-refractivity contribution in [2.75, 3.05) is 11.9 Å². The Kier molecular flexibility index (Phi) is 7.34. The molecule has 0 radical (unpaired) electrons. The Morgan fingerprint density at radius 2 is 1.72 bits per heavy atom. The van der Waals surface area contributed by atoms with Crippen molar-refractivity contribution in [3.05, 3.63) is 90.3 Å². The molecular formula is C23H23N3O3. The molecule has 1 aromatic heterocycles. The lowest BCUT2D eigenvalue weighted by Crippen LogP contribution is -2.24. The maximum Gasteiger partial charge on any atom is 0.253 e. The number of aromatic nitrogens is 1.